The molecule has 1 amide bonds. The molecule has 0 bridgehead atoms. The van der Waals surface area contributed by atoms with Crippen LogP contribution in [0.2, 0.25) is 0 Å². The summed E-state index contributed by atoms with van der Waals surface area (Å²) in [6.45, 7) is 0. The number of amides is 1. The number of esters is 1. The summed E-state index contributed by atoms with van der Waals surface area (Å²) in [5, 5.41) is 6.07. The Bertz CT molecular complexity index is 1000. The van der Waals surface area contributed by atoms with E-state index in [0.29, 0.717) is 5.17 Å². The summed E-state index contributed by atoms with van der Waals surface area (Å²) in [6, 6.07) is 9.65. The molecule has 150 valence electrons. The number of hydrogen-bond acceptors (Lipinski definition) is 8. The third-order valence-electron chi connectivity index (χ3n) is 5.36. The van der Waals surface area contributed by atoms with Gasteiger partial charge >= 0.3 is 5.97 Å². The average molecular weight is 429 g/mol. The van der Waals surface area contributed by atoms with Crippen LogP contribution in [0.4, 0.5) is 10.7 Å². The Hall–Kier alpha value is -2.52. The van der Waals surface area contributed by atoms with Crippen LogP contribution in [0.1, 0.15) is 33.6 Å². The third-order valence-corrected chi connectivity index (χ3v) is 7.57. The van der Waals surface area contributed by atoms with Gasteiger partial charge in [-0.15, -0.1) is 11.3 Å². The zero-order valence-corrected chi connectivity index (χ0v) is 17.5. The SMILES string of the molecule is COC(=O)CSC1=NNC2N(c3ccccc3)C(=O)c3c(sc4c3CCCC4)N12. The van der Waals surface area contributed by atoms with Crippen LogP contribution >= 0.6 is 23.1 Å². The standard InChI is InChI=1S/C20H20N4O3S2/c1-27-15(25)11-28-20-22-21-19-23(12-7-3-2-4-8-12)17(26)16-13-9-5-6-10-14(13)29-18(16)24(19)20/h2-4,7-8,19,21H,5-6,9-11H2,1H3. The molecule has 1 N–H and O–H groups in total. The van der Waals surface area contributed by atoms with Crippen molar-refractivity contribution in [3.05, 3.63) is 46.3 Å². The van der Waals surface area contributed by atoms with Crippen molar-refractivity contribution >= 4 is 50.8 Å². The van der Waals surface area contributed by atoms with Gasteiger partial charge in [0, 0.05) is 10.6 Å². The van der Waals surface area contributed by atoms with E-state index in [9.17, 15) is 9.59 Å². The lowest BCUT2D eigenvalue weighted by Crippen LogP contribution is -2.58. The molecule has 0 saturated carbocycles. The van der Waals surface area contributed by atoms with E-state index >= 15 is 0 Å². The summed E-state index contributed by atoms with van der Waals surface area (Å²) in [5.74, 6) is -0.131. The summed E-state index contributed by atoms with van der Waals surface area (Å²) in [7, 11) is 1.38. The number of nitrogens with zero attached hydrogens (tertiary/aromatic N) is 3. The molecule has 9 heteroatoms. The zero-order chi connectivity index (χ0) is 20.0. The molecular formula is C20H20N4O3S2. The molecule has 1 aromatic carbocycles. The lowest BCUT2D eigenvalue weighted by atomic mass is 9.94. The second kappa shape index (κ2) is 7.38. The minimum Gasteiger partial charge on any atom is -0.468 e. The van der Waals surface area contributed by atoms with Crippen LogP contribution in [0.15, 0.2) is 35.4 Å². The molecule has 1 unspecified atom stereocenters. The van der Waals surface area contributed by atoms with Crippen molar-refractivity contribution in [3.8, 4) is 0 Å². The lowest BCUT2D eigenvalue weighted by Gasteiger charge is -2.39. The number of rotatable bonds is 3. The Balaban J connectivity index is 1.59. The molecule has 1 aromatic heterocycles. The predicted octanol–water partition coefficient (Wildman–Crippen LogP) is 3.16. The van der Waals surface area contributed by atoms with Crippen molar-refractivity contribution in [1.29, 1.82) is 0 Å². The van der Waals surface area contributed by atoms with Crippen LogP contribution in [-0.2, 0) is 22.4 Å². The van der Waals surface area contributed by atoms with E-state index in [2.05, 4.69) is 15.4 Å². The Labute approximate surface area is 176 Å². The maximum atomic E-state index is 13.6. The number of nitrogens with one attached hydrogen (secondary N) is 1. The molecule has 0 saturated heterocycles. The van der Waals surface area contributed by atoms with E-state index in [4.69, 9.17) is 4.74 Å². The second-order valence-electron chi connectivity index (χ2n) is 7.03. The average Bonchev–Trinajstić information content (AvgIpc) is 3.34. The fraction of sp³-hybridized carbons (Fsp3) is 0.350. The number of carbonyl (C=O) groups excluding carboxylic acids is 2. The summed E-state index contributed by atoms with van der Waals surface area (Å²) in [4.78, 5) is 30.4. The molecular weight excluding hydrogens is 408 g/mol. The summed E-state index contributed by atoms with van der Waals surface area (Å²) in [6.07, 6.45) is 3.76. The molecule has 1 aliphatic carbocycles. The summed E-state index contributed by atoms with van der Waals surface area (Å²) in [5.41, 5.74) is 5.90. The maximum Gasteiger partial charge on any atom is 0.316 e. The number of hydrazone groups is 1. The van der Waals surface area contributed by atoms with Gasteiger partial charge in [0.05, 0.1) is 18.4 Å². The highest BCUT2D eigenvalue weighted by molar-refractivity contribution is 8.14. The second-order valence-corrected chi connectivity index (χ2v) is 9.06. The van der Waals surface area contributed by atoms with Gasteiger partial charge in [0.25, 0.3) is 5.91 Å². The molecule has 7 nitrogen and oxygen atoms in total. The number of fused-ring (bicyclic) bond motifs is 5. The van der Waals surface area contributed by atoms with Crippen molar-refractivity contribution in [2.75, 3.05) is 22.7 Å². The van der Waals surface area contributed by atoms with Gasteiger partial charge in [-0.2, -0.15) is 5.10 Å². The van der Waals surface area contributed by atoms with Crippen molar-refractivity contribution in [3.63, 3.8) is 0 Å². The summed E-state index contributed by atoms with van der Waals surface area (Å²) >= 11 is 3.01. The van der Waals surface area contributed by atoms with Crippen LogP contribution < -0.4 is 15.2 Å². The van der Waals surface area contributed by atoms with E-state index in [1.807, 2.05) is 30.3 Å². The Morgan fingerprint density at radius 3 is 2.86 bits per heavy atom. The number of ether oxygens (including phenoxy) is 1. The number of benzene rings is 1. The number of anilines is 2. The quantitative estimate of drug-likeness (QED) is 0.757. The maximum absolute atomic E-state index is 13.6. The largest absolute Gasteiger partial charge is 0.468 e. The topological polar surface area (TPSA) is 74.2 Å². The fourth-order valence-electron chi connectivity index (χ4n) is 4.00. The molecule has 3 heterocycles. The summed E-state index contributed by atoms with van der Waals surface area (Å²) < 4.78 is 4.77. The Morgan fingerprint density at radius 2 is 2.07 bits per heavy atom. The molecule has 1 atom stereocenters. The van der Waals surface area contributed by atoms with Crippen molar-refractivity contribution < 1.29 is 14.3 Å². The van der Waals surface area contributed by atoms with Crippen LogP contribution in [0.5, 0.6) is 0 Å². The molecule has 29 heavy (non-hydrogen) atoms. The predicted molar refractivity (Wildman–Crippen MR) is 116 cm³/mol. The normalized spacial score (nSPS) is 19.8. The van der Waals surface area contributed by atoms with Gasteiger partial charge in [0.1, 0.15) is 5.00 Å². The smallest absolute Gasteiger partial charge is 0.316 e. The van der Waals surface area contributed by atoms with Crippen LogP contribution in [0.3, 0.4) is 0 Å². The van der Waals surface area contributed by atoms with Gasteiger partial charge in [0.15, 0.2) is 5.17 Å². The number of para-hydroxylation sites is 1. The minimum absolute atomic E-state index is 0.00812. The van der Waals surface area contributed by atoms with Gasteiger partial charge in [-0.1, -0.05) is 30.0 Å². The van der Waals surface area contributed by atoms with Gasteiger partial charge in [-0.3, -0.25) is 24.8 Å². The number of thiophene rings is 1. The molecule has 0 radical (unpaired) electrons. The number of carbonyl (C=O) groups is 2. The first-order chi connectivity index (χ1) is 14.2. The monoisotopic (exact) mass is 428 g/mol. The van der Waals surface area contributed by atoms with E-state index in [1.165, 1.54) is 29.3 Å². The van der Waals surface area contributed by atoms with E-state index < -0.39 is 6.29 Å². The molecule has 0 spiro atoms. The highest BCUT2D eigenvalue weighted by atomic mass is 32.2. The number of amidine groups is 1. The first kappa shape index (κ1) is 18.5. The highest BCUT2D eigenvalue weighted by Gasteiger charge is 2.47. The van der Waals surface area contributed by atoms with Crippen molar-refractivity contribution in [1.82, 2.24) is 5.43 Å². The van der Waals surface area contributed by atoms with Crippen LogP contribution in [0, 0.1) is 0 Å². The number of methoxy groups -OCH3 is 1. The third kappa shape index (κ3) is 3.00. The first-order valence-electron chi connectivity index (χ1n) is 9.54. The Kier molecular flexibility index (Phi) is 4.71. The van der Waals surface area contributed by atoms with E-state index in [0.717, 1.165) is 41.9 Å². The number of thioether (sulfide) groups is 1. The molecule has 3 aliphatic rings. The van der Waals surface area contributed by atoms with Crippen LogP contribution in [0.25, 0.3) is 0 Å². The molecule has 2 aliphatic heterocycles. The number of hydrogen-bond donors (Lipinski definition) is 1. The van der Waals surface area contributed by atoms with Crippen molar-refractivity contribution in [2.45, 2.75) is 32.0 Å². The molecule has 0 fully saturated rings. The van der Waals surface area contributed by atoms with Gasteiger partial charge in [0.2, 0.25) is 6.29 Å². The fourth-order valence-corrected chi connectivity index (χ4v) is 6.28. The van der Waals surface area contributed by atoms with Crippen molar-refractivity contribution in [2.24, 2.45) is 5.10 Å². The first-order valence-corrected chi connectivity index (χ1v) is 11.3. The van der Waals surface area contributed by atoms with Crippen LogP contribution in [-0.4, -0.2) is 36.2 Å². The molecule has 5 rings (SSSR count). The minimum atomic E-state index is -0.447. The van der Waals surface area contributed by atoms with E-state index in [1.54, 1.807) is 16.2 Å². The highest BCUT2D eigenvalue weighted by Crippen LogP contribution is 2.46. The van der Waals surface area contributed by atoms with Gasteiger partial charge < -0.3 is 4.74 Å². The zero-order valence-electron chi connectivity index (χ0n) is 15.9. The Morgan fingerprint density at radius 1 is 1.28 bits per heavy atom. The van der Waals surface area contributed by atoms with Gasteiger partial charge in [-0.05, 0) is 43.4 Å². The van der Waals surface area contributed by atoms with Gasteiger partial charge in [-0.25, -0.2) is 0 Å². The van der Waals surface area contributed by atoms with E-state index in [-0.39, 0.29) is 17.6 Å². The lowest BCUT2D eigenvalue weighted by molar-refractivity contribution is -0.137. The number of aryl methyl sites for hydroxylation is 1. The molecule has 2 aromatic rings.